The lowest BCUT2D eigenvalue weighted by atomic mass is 9.85. The molecule has 1 atom stereocenters. The first-order chi connectivity index (χ1) is 6.74. The minimum absolute atomic E-state index is 0.0142. The fraction of sp³-hybridized carbons (Fsp3) is 0.909. The predicted octanol–water partition coefficient (Wildman–Crippen LogP) is 0.404. The molecule has 1 fully saturated rings. The van der Waals surface area contributed by atoms with Gasteiger partial charge in [0.1, 0.15) is 0 Å². The highest BCUT2D eigenvalue weighted by molar-refractivity contribution is 5.82. The average molecular weight is 214 g/mol. The standard InChI is InChI=1S/C11H22N2O2/c1-10(2,11(3,4)15)13-9(14)8-6-5-7-12-8/h8,12,15H,5-7H2,1-4H3,(H,13,14)/t8-/m0/s1. The van der Waals surface area contributed by atoms with Gasteiger partial charge in [-0.15, -0.1) is 0 Å². The lowest BCUT2D eigenvalue weighted by Gasteiger charge is -2.38. The first-order valence-electron chi connectivity index (χ1n) is 5.52. The van der Waals surface area contributed by atoms with Crippen LogP contribution in [0.1, 0.15) is 40.5 Å². The van der Waals surface area contributed by atoms with Crippen LogP contribution in [0.4, 0.5) is 0 Å². The molecule has 0 aromatic heterocycles. The third-order valence-electron chi connectivity index (χ3n) is 3.34. The second-order valence-electron chi connectivity index (χ2n) is 5.32. The lowest BCUT2D eigenvalue weighted by molar-refractivity contribution is -0.127. The summed E-state index contributed by atoms with van der Waals surface area (Å²) in [5, 5.41) is 15.9. The van der Waals surface area contributed by atoms with E-state index in [2.05, 4.69) is 10.6 Å². The Labute approximate surface area is 91.4 Å². The van der Waals surface area contributed by atoms with Crippen molar-refractivity contribution in [1.29, 1.82) is 0 Å². The molecule has 1 amide bonds. The minimum atomic E-state index is -0.929. The molecule has 15 heavy (non-hydrogen) atoms. The van der Waals surface area contributed by atoms with Gasteiger partial charge in [0, 0.05) is 0 Å². The van der Waals surface area contributed by atoms with Gasteiger partial charge in [-0.1, -0.05) is 0 Å². The number of carbonyl (C=O) groups excluding carboxylic acids is 1. The van der Waals surface area contributed by atoms with Crippen LogP contribution in [0.2, 0.25) is 0 Å². The molecule has 1 saturated heterocycles. The SMILES string of the molecule is CC(C)(O)C(C)(C)NC(=O)[C@@H]1CCCN1. The summed E-state index contributed by atoms with van der Waals surface area (Å²) in [5.41, 5.74) is -1.55. The zero-order valence-electron chi connectivity index (χ0n) is 10.1. The van der Waals surface area contributed by atoms with E-state index in [9.17, 15) is 9.90 Å². The zero-order valence-corrected chi connectivity index (χ0v) is 10.1. The average Bonchev–Trinajstić information content (AvgIpc) is 2.51. The van der Waals surface area contributed by atoms with E-state index in [0.29, 0.717) is 0 Å². The number of amides is 1. The van der Waals surface area contributed by atoms with Crippen LogP contribution in [-0.4, -0.2) is 34.7 Å². The summed E-state index contributed by atoms with van der Waals surface area (Å²) >= 11 is 0. The van der Waals surface area contributed by atoms with Crippen molar-refractivity contribution >= 4 is 5.91 Å². The number of nitrogens with one attached hydrogen (secondary N) is 2. The molecule has 1 rings (SSSR count). The molecule has 1 heterocycles. The number of hydrogen-bond donors (Lipinski definition) is 3. The predicted molar refractivity (Wildman–Crippen MR) is 59.5 cm³/mol. The smallest absolute Gasteiger partial charge is 0.237 e. The van der Waals surface area contributed by atoms with E-state index in [0.717, 1.165) is 19.4 Å². The monoisotopic (exact) mass is 214 g/mol. The number of aliphatic hydroxyl groups is 1. The van der Waals surface area contributed by atoms with Crippen LogP contribution in [-0.2, 0) is 4.79 Å². The molecular formula is C11H22N2O2. The number of rotatable bonds is 3. The van der Waals surface area contributed by atoms with Gasteiger partial charge in [0.2, 0.25) is 5.91 Å². The lowest BCUT2D eigenvalue weighted by Crippen LogP contribution is -2.60. The largest absolute Gasteiger partial charge is 0.388 e. The van der Waals surface area contributed by atoms with Gasteiger partial charge < -0.3 is 15.7 Å². The summed E-state index contributed by atoms with van der Waals surface area (Å²) in [6, 6.07) is -0.0911. The summed E-state index contributed by atoms with van der Waals surface area (Å²) in [4.78, 5) is 11.8. The van der Waals surface area contributed by atoms with Gasteiger partial charge in [-0.3, -0.25) is 4.79 Å². The highest BCUT2D eigenvalue weighted by Crippen LogP contribution is 2.21. The van der Waals surface area contributed by atoms with Crippen molar-refractivity contribution in [1.82, 2.24) is 10.6 Å². The summed E-state index contributed by atoms with van der Waals surface area (Å²) in [6.45, 7) is 7.98. The Morgan fingerprint density at radius 2 is 2.00 bits per heavy atom. The van der Waals surface area contributed by atoms with Gasteiger partial charge in [0.05, 0.1) is 17.2 Å². The van der Waals surface area contributed by atoms with Gasteiger partial charge >= 0.3 is 0 Å². The molecule has 0 aromatic rings. The molecule has 4 nitrogen and oxygen atoms in total. The third-order valence-corrected chi connectivity index (χ3v) is 3.34. The third kappa shape index (κ3) is 2.92. The summed E-state index contributed by atoms with van der Waals surface area (Å²) in [5.74, 6) is -0.0142. The molecule has 0 spiro atoms. The Hall–Kier alpha value is -0.610. The van der Waals surface area contributed by atoms with E-state index >= 15 is 0 Å². The molecular weight excluding hydrogens is 192 g/mol. The van der Waals surface area contributed by atoms with Crippen molar-refractivity contribution in [2.75, 3.05) is 6.54 Å². The van der Waals surface area contributed by atoms with E-state index in [1.807, 2.05) is 13.8 Å². The van der Waals surface area contributed by atoms with Crippen LogP contribution < -0.4 is 10.6 Å². The first-order valence-corrected chi connectivity index (χ1v) is 5.52. The maximum Gasteiger partial charge on any atom is 0.237 e. The van der Waals surface area contributed by atoms with Crippen LogP contribution >= 0.6 is 0 Å². The quantitative estimate of drug-likeness (QED) is 0.637. The van der Waals surface area contributed by atoms with Gasteiger partial charge in [-0.05, 0) is 47.1 Å². The molecule has 0 bridgehead atoms. The van der Waals surface area contributed by atoms with E-state index in [1.165, 1.54) is 0 Å². The maximum absolute atomic E-state index is 11.8. The molecule has 0 aliphatic carbocycles. The maximum atomic E-state index is 11.8. The van der Waals surface area contributed by atoms with E-state index in [-0.39, 0.29) is 11.9 Å². The Bertz CT molecular complexity index is 237. The molecule has 0 saturated carbocycles. The van der Waals surface area contributed by atoms with Crippen molar-refractivity contribution in [2.45, 2.75) is 57.7 Å². The molecule has 4 heteroatoms. The Kier molecular flexibility index (Phi) is 3.41. The highest BCUT2D eigenvalue weighted by Gasteiger charge is 2.38. The molecule has 88 valence electrons. The number of hydrogen-bond acceptors (Lipinski definition) is 3. The van der Waals surface area contributed by atoms with Crippen LogP contribution in [0.3, 0.4) is 0 Å². The zero-order chi connectivity index (χ0) is 11.7. The normalized spacial score (nSPS) is 22.9. The van der Waals surface area contributed by atoms with Crippen molar-refractivity contribution in [2.24, 2.45) is 0 Å². The van der Waals surface area contributed by atoms with Gasteiger partial charge in [0.25, 0.3) is 0 Å². The van der Waals surface area contributed by atoms with Crippen LogP contribution in [0, 0.1) is 0 Å². The van der Waals surface area contributed by atoms with Crippen LogP contribution in [0.25, 0.3) is 0 Å². The highest BCUT2D eigenvalue weighted by atomic mass is 16.3. The summed E-state index contributed by atoms with van der Waals surface area (Å²) in [6.07, 6.45) is 1.93. The minimum Gasteiger partial charge on any atom is -0.388 e. The topological polar surface area (TPSA) is 61.4 Å². The Balaban J connectivity index is 2.57. The second kappa shape index (κ2) is 4.10. The van der Waals surface area contributed by atoms with Crippen LogP contribution in [0.5, 0.6) is 0 Å². The van der Waals surface area contributed by atoms with Gasteiger partial charge in [-0.2, -0.15) is 0 Å². The van der Waals surface area contributed by atoms with E-state index < -0.39 is 11.1 Å². The van der Waals surface area contributed by atoms with Gasteiger partial charge in [0.15, 0.2) is 0 Å². The van der Waals surface area contributed by atoms with E-state index in [4.69, 9.17) is 0 Å². The second-order valence-corrected chi connectivity index (χ2v) is 5.32. The molecule has 0 aromatic carbocycles. The number of carbonyl (C=O) groups is 1. The molecule has 1 aliphatic rings. The van der Waals surface area contributed by atoms with E-state index in [1.54, 1.807) is 13.8 Å². The summed E-state index contributed by atoms with van der Waals surface area (Å²) < 4.78 is 0. The fourth-order valence-electron chi connectivity index (χ4n) is 1.46. The molecule has 3 N–H and O–H groups in total. The fourth-order valence-corrected chi connectivity index (χ4v) is 1.46. The Morgan fingerprint density at radius 3 is 2.40 bits per heavy atom. The van der Waals surface area contributed by atoms with Crippen LogP contribution in [0.15, 0.2) is 0 Å². The molecule has 0 radical (unpaired) electrons. The molecule has 1 aliphatic heterocycles. The molecule has 0 unspecified atom stereocenters. The Morgan fingerprint density at radius 1 is 1.40 bits per heavy atom. The van der Waals surface area contributed by atoms with Crippen molar-refractivity contribution in [3.63, 3.8) is 0 Å². The van der Waals surface area contributed by atoms with Gasteiger partial charge in [-0.25, -0.2) is 0 Å². The van der Waals surface area contributed by atoms with Crippen molar-refractivity contribution in [3.05, 3.63) is 0 Å². The van der Waals surface area contributed by atoms with Crippen molar-refractivity contribution < 1.29 is 9.90 Å². The first kappa shape index (κ1) is 12.5. The van der Waals surface area contributed by atoms with Crippen molar-refractivity contribution in [3.8, 4) is 0 Å². The summed E-state index contributed by atoms with van der Waals surface area (Å²) in [7, 11) is 0.